The molecule has 33 heavy (non-hydrogen) atoms. The number of rotatable bonds is 9. The number of aryl methyl sites for hydroxylation is 2. The quantitative estimate of drug-likeness (QED) is 0.310. The van der Waals surface area contributed by atoms with Gasteiger partial charge in [-0.05, 0) is 62.4 Å². The number of hydrogen-bond donors (Lipinski definition) is 1. The van der Waals surface area contributed by atoms with Crippen molar-refractivity contribution in [3.8, 4) is 5.75 Å². The number of benzene rings is 1. The van der Waals surface area contributed by atoms with Crippen molar-refractivity contribution in [3.63, 3.8) is 0 Å². The van der Waals surface area contributed by atoms with Crippen LogP contribution in [0.5, 0.6) is 5.75 Å². The number of amides is 1. The monoisotopic (exact) mass is 508 g/mol. The first-order valence-electron chi connectivity index (χ1n) is 10.2. The van der Waals surface area contributed by atoms with Crippen molar-refractivity contribution < 1.29 is 19.1 Å². The Kier molecular flexibility index (Phi) is 8.39. The van der Waals surface area contributed by atoms with Gasteiger partial charge in [0.15, 0.2) is 17.1 Å². The SMILES string of the molecule is CCn1c(SCC(=O)Nc2sccc2C(=O)OC)nnc1C(C)Oc1cc(C)c(Cl)c(C)c1. The van der Waals surface area contributed by atoms with Gasteiger partial charge in [0.05, 0.1) is 18.4 Å². The van der Waals surface area contributed by atoms with Gasteiger partial charge < -0.3 is 19.4 Å². The molecular formula is C22H25ClN4O4S2. The molecule has 0 radical (unpaired) electrons. The number of thiophene rings is 1. The number of nitrogens with zero attached hydrogens (tertiary/aromatic N) is 3. The van der Waals surface area contributed by atoms with Gasteiger partial charge in [0.2, 0.25) is 5.91 Å². The van der Waals surface area contributed by atoms with Crippen molar-refractivity contribution in [2.75, 3.05) is 18.2 Å². The Morgan fingerprint density at radius 1 is 1.27 bits per heavy atom. The maximum Gasteiger partial charge on any atom is 0.340 e. The first-order chi connectivity index (χ1) is 15.7. The van der Waals surface area contributed by atoms with Gasteiger partial charge in [-0.25, -0.2) is 4.79 Å². The lowest BCUT2D eigenvalue weighted by Gasteiger charge is -2.17. The van der Waals surface area contributed by atoms with E-state index in [1.165, 1.54) is 30.2 Å². The van der Waals surface area contributed by atoms with E-state index >= 15 is 0 Å². The summed E-state index contributed by atoms with van der Waals surface area (Å²) < 4.78 is 12.8. The van der Waals surface area contributed by atoms with Crippen LogP contribution in [0.15, 0.2) is 28.7 Å². The van der Waals surface area contributed by atoms with Crippen LogP contribution < -0.4 is 10.1 Å². The Morgan fingerprint density at radius 2 is 1.97 bits per heavy atom. The van der Waals surface area contributed by atoms with Crippen molar-refractivity contribution in [3.05, 3.63) is 51.1 Å². The summed E-state index contributed by atoms with van der Waals surface area (Å²) in [4.78, 5) is 24.2. The highest BCUT2D eigenvalue weighted by atomic mass is 35.5. The molecule has 11 heteroatoms. The lowest BCUT2D eigenvalue weighted by Crippen LogP contribution is -2.16. The summed E-state index contributed by atoms with van der Waals surface area (Å²) in [5, 5.41) is 14.8. The number of aromatic nitrogens is 3. The summed E-state index contributed by atoms with van der Waals surface area (Å²) in [6, 6.07) is 5.40. The lowest BCUT2D eigenvalue weighted by atomic mass is 10.1. The van der Waals surface area contributed by atoms with Gasteiger partial charge in [-0.1, -0.05) is 23.4 Å². The number of carbonyl (C=O) groups excluding carboxylic acids is 2. The molecular weight excluding hydrogens is 484 g/mol. The minimum Gasteiger partial charge on any atom is -0.483 e. The van der Waals surface area contributed by atoms with Crippen LogP contribution >= 0.6 is 34.7 Å². The number of ether oxygens (including phenoxy) is 2. The Balaban J connectivity index is 1.66. The van der Waals surface area contributed by atoms with Crippen LogP contribution in [0, 0.1) is 13.8 Å². The molecule has 1 N–H and O–H groups in total. The molecule has 0 aliphatic rings. The van der Waals surface area contributed by atoms with Gasteiger partial charge in [0.1, 0.15) is 10.8 Å². The Labute approximate surface area is 205 Å². The van der Waals surface area contributed by atoms with Gasteiger partial charge in [0, 0.05) is 11.6 Å². The molecule has 1 atom stereocenters. The van der Waals surface area contributed by atoms with Gasteiger partial charge >= 0.3 is 5.97 Å². The molecule has 3 rings (SSSR count). The molecule has 0 aliphatic heterocycles. The highest BCUT2D eigenvalue weighted by Crippen LogP contribution is 2.30. The molecule has 0 spiro atoms. The zero-order valence-electron chi connectivity index (χ0n) is 19.0. The van der Waals surface area contributed by atoms with Crippen LogP contribution in [-0.4, -0.2) is 39.5 Å². The predicted molar refractivity (Wildman–Crippen MR) is 131 cm³/mol. The van der Waals surface area contributed by atoms with E-state index < -0.39 is 5.97 Å². The largest absolute Gasteiger partial charge is 0.483 e. The molecule has 0 aliphatic carbocycles. The molecule has 1 unspecified atom stereocenters. The molecule has 0 bridgehead atoms. The van der Waals surface area contributed by atoms with Crippen molar-refractivity contribution in [1.29, 1.82) is 0 Å². The Morgan fingerprint density at radius 3 is 2.61 bits per heavy atom. The van der Waals surface area contributed by atoms with E-state index in [4.69, 9.17) is 21.1 Å². The number of anilines is 1. The highest BCUT2D eigenvalue weighted by Gasteiger charge is 2.21. The van der Waals surface area contributed by atoms with Gasteiger partial charge in [-0.3, -0.25) is 4.79 Å². The normalized spacial score (nSPS) is 11.8. The fourth-order valence-electron chi connectivity index (χ4n) is 3.21. The predicted octanol–water partition coefficient (Wildman–Crippen LogP) is 5.29. The van der Waals surface area contributed by atoms with Gasteiger partial charge in [-0.15, -0.1) is 21.5 Å². The summed E-state index contributed by atoms with van der Waals surface area (Å²) in [7, 11) is 1.30. The van der Waals surface area contributed by atoms with Crippen LogP contribution in [-0.2, 0) is 16.1 Å². The fourth-order valence-corrected chi connectivity index (χ4v) is 4.92. The zero-order valence-corrected chi connectivity index (χ0v) is 21.4. The van der Waals surface area contributed by atoms with Gasteiger partial charge in [-0.2, -0.15) is 0 Å². The number of esters is 1. The molecule has 3 aromatic rings. The third-order valence-electron chi connectivity index (χ3n) is 4.80. The summed E-state index contributed by atoms with van der Waals surface area (Å²) in [5.41, 5.74) is 2.22. The van der Waals surface area contributed by atoms with Crippen molar-refractivity contribution in [2.45, 2.75) is 45.5 Å². The maximum absolute atomic E-state index is 12.4. The third-order valence-corrected chi connectivity index (χ3v) is 7.20. The third kappa shape index (κ3) is 5.87. The van der Waals surface area contributed by atoms with Crippen LogP contribution in [0.3, 0.4) is 0 Å². The van der Waals surface area contributed by atoms with Crippen molar-refractivity contribution in [1.82, 2.24) is 14.8 Å². The maximum atomic E-state index is 12.4. The summed E-state index contributed by atoms with van der Waals surface area (Å²) in [6.45, 7) is 8.38. The van der Waals surface area contributed by atoms with E-state index in [-0.39, 0.29) is 17.8 Å². The molecule has 0 fully saturated rings. The van der Waals surface area contributed by atoms with E-state index in [1.54, 1.807) is 11.4 Å². The number of nitrogens with one attached hydrogen (secondary N) is 1. The van der Waals surface area contributed by atoms with Gasteiger partial charge in [0.25, 0.3) is 0 Å². The average molecular weight is 509 g/mol. The second kappa shape index (κ2) is 11.0. The van der Waals surface area contributed by atoms with Crippen LogP contribution in [0.2, 0.25) is 5.02 Å². The van der Waals surface area contributed by atoms with E-state index in [9.17, 15) is 9.59 Å². The molecule has 176 valence electrons. The molecule has 2 heterocycles. The first-order valence-corrected chi connectivity index (χ1v) is 12.4. The van der Waals surface area contributed by atoms with E-state index in [1.807, 2.05) is 44.4 Å². The highest BCUT2D eigenvalue weighted by molar-refractivity contribution is 7.99. The number of hydrogen-bond acceptors (Lipinski definition) is 8. The second-order valence-electron chi connectivity index (χ2n) is 7.21. The van der Waals surface area contributed by atoms with Crippen LogP contribution in [0.25, 0.3) is 0 Å². The van der Waals surface area contributed by atoms with Crippen LogP contribution in [0.1, 0.15) is 47.3 Å². The Bertz CT molecular complexity index is 1140. The minimum absolute atomic E-state index is 0.113. The van der Waals surface area contributed by atoms with E-state index in [2.05, 4.69) is 15.5 Å². The zero-order chi connectivity index (χ0) is 24.1. The number of methoxy groups -OCH3 is 1. The number of halogens is 1. The fraction of sp³-hybridized carbons (Fsp3) is 0.364. The van der Waals surface area contributed by atoms with E-state index in [0.717, 1.165) is 16.1 Å². The molecule has 1 amide bonds. The Hall–Kier alpha value is -2.56. The summed E-state index contributed by atoms with van der Waals surface area (Å²) in [5.74, 6) is 0.739. The van der Waals surface area contributed by atoms with Crippen LogP contribution in [0.4, 0.5) is 5.00 Å². The van der Waals surface area contributed by atoms with E-state index in [0.29, 0.717) is 33.8 Å². The molecule has 2 aromatic heterocycles. The lowest BCUT2D eigenvalue weighted by molar-refractivity contribution is -0.113. The summed E-state index contributed by atoms with van der Waals surface area (Å²) >= 11 is 8.78. The standard InChI is InChI=1S/C22H25ClN4O4S2/c1-6-27-19(14(4)31-15-9-12(2)18(23)13(3)10-15)25-26-22(27)33-11-17(28)24-20-16(7-8-32-20)21(29)30-5/h7-10,14H,6,11H2,1-5H3,(H,24,28). The molecule has 1 aromatic carbocycles. The number of carbonyl (C=O) groups is 2. The smallest absolute Gasteiger partial charge is 0.340 e. The molecule has 8 nitrogen and oxygen atoms in total. The topological polar surface area (TPSA) is 95.3 Å². The molecule has 0 saturated carbocycles. The number of thioether (sulfide) groups is 1. The second-order valence-corrected chi connectivity index (χ2v) is 9.44. The minimum atomic E-state index is -0.491. The average Bonchev–Trinajstić information content (AvgIpc) is 3.41. The first kappa shape index (κ1) is 25.1. The molecule has 0 saturated heterocycles. The van der Waals surface area contributed by atoms with Crippen molar-refractivity contribution >= 4 is 51.6 Å². The van der Waals surface area contributed by atoms with Crippen molar-refractivity contribution in [2.24, 2.45) is 0 Å². The summed E-state index contributed by atoms with van der Waals surface area (Å²) in [6.07, 6.45) is -0.352.